The summed E-state index contributed by atoms with van der Waals surface area (Å²) in [6.45, 7) is 0. The molecule has 0 aliphatic carbocycles. The quantitative estimate of drug-likeness (QED) is 0.445. The van der Waals surface area contributed by atoms with Gasteiger partial charge in [-0.25, -0.2) is 10.4 Å². The zero-order valence-corrected chi connectivity index (χ0v) is 6.26. The van der Waals surface area contributed by atoms with Gasteiger partial charge in [0.15, 0.2) is 0 Å². The molecular weight excluding hydrogens is 196 g/mol. The predicted molar refractivity (Wildman–Crippen MR) is 35.9 cm³/mol. The van der Waals surface area contributed by atoms with Crippen molar-refractivity contribution in [2.75, 3.05) is 0 Å². The van der Waals surface area contributed by atoms with E-state index in [0.717, 1.165) is 0 Å². The van der Waals surface area contributed by atoms with E-state index in [1.165, 1.54) is 0 Å². The average Bonchev–Trinajstić information content (AvgIpc) is 2.21. The Hall–Kier alpha value is -2.80. The summed E-state index contributed by atoms with van der Waals surface area (Å²) in [5, 5.41) is 32.6. The van der Waals surface area contributed by atoms with Crippen molar-refractivity contribution in [1.29, 1.82) is 0 Å². The SMILES string of the molecule is [N-]=N/N=N/N=N/N=N/N=N/N=N/N=[N-]. The van der Waals surface area contributed by atoms with E-state index in [2.05, 4.69) is 62.7 Å². The first-order valence-electron chi connectivity index (χ1n) is 2.60. The van der Waals surface area contributed by atoms with Gasteiger partial charge in [0.1, 0.15) is 0 Å². The zero-order chi connectivity index (χ0) is 10.5. The van der Waals surface area contributed by atoms with Crippen molar-refractivity contribution >= 4 is 0 Å². The Labute approximate surface area is 74.9 Å². The smallest absolute Gasteiger partial charge is 0.0000534 e. The molecule has 0 amide bonds. The molecule has 14 heavy (non-hydrogen) atoms. The van der Waals surface area contributed by atoms with Crippen LogP contribution in [0.15, 0.2) is 62.7 Å². The first-order valence-corrected chi connectivity index (χ1v) is 2.60. The molecule has 0 aromatic rings. The van der Waals surface area contributed by atoms with Gasteiger partial charge in [0.2, 0.25) is 0 Å². The van der Waals surface area contributed by atoms with Gasteiger partial charge >= 0.3 is 0 Å². The van der Waals surface area contributed by atoms with Gasteiger partial charge in [-0.05, 0) is 31.3 Å². The molecule has 0 aliphatic heterocycles. The van der Waals surface area contributed by atoms with E-state index in [1.807, 2.05) is 0 Å². The van der Waals surface area contributed by atoms with Crippen LogP contribution in [-0.2, 0) is 0 Å². The van der Waals surface area contributed by atoms with Gasteiger partial charge in [-0.2, -0.15) is 0 Å². The maximum absolute atomic E-state index is 7.71. The topological polar surface area (TPSA) is 193 Å². The van der Waals surface area contributed by atoms with E-state index >= 15 is 0 Å². The fourth-order valence-electron chi connectivity index (χ4n) is 0.179. The molecule has 72 valence electrons. The van der Waals surface area contributed by atoms with Crippen molar-refractivity contribution in [1.82, 2.24) is 0 Å². The normalized spacial score (nSPS) is 12.9. The molecular formula is N14-2. The van der Waals surface area contributed by atoms with E-state index in [1.54, 1.807) is 0 Å². The molecule has 0 radical (unpaired) electrons. The van der Waals surface area contributed by atoms with Crippen LogP contribution in [0.4, 0.5) is 0 Å². The van der Waals surface area contributed by atoms with E-state index in [-0.39, 0.29) is 0 Å². The lowest BCUT2D eigenvalue weighted by Crippen LogP contribution is -1.48. The van der Waals surface area contributed by atoms with Gasteiger partial charge in [-0.1, -0.05) is 0 Å². The van der Waals surface area contributed by atoms with Crippen LogP contribution in [0.3, 0.4) is 0 Å². The highest BCUT2D eigenvalue weighted by Gasteiger charge is 1.64. The minimum atomic E-state index is 2.23. The van der Waals surface area contributed by atoms with Gasteiger partial charge in [0.05, 0.1) is 0 Å². The summed E-state index contributed by atoms with van der Waals surface area (Å²) >= 11 is 0. The first kappa shape index (κ1) is 11.2. The minimum Gasteiger partial charge on any atom is -0.360 e. The van der Waals surface area contributed by atoms with E-state index in [0.29, 0.717) is 0 Å². The Morgan fingerprint density at radius 3 is 0.786 bits per heavy atom. The molecule has 14 nitrogen and oxygen atoms in total. The molecule has 14 heteroatoms. The van der Waals surface area contributed by atoms with E-state index < -0.39 is 0 Å². The lowest BCUT2D eigenvalue weighted by Gasteiger charge is -1.76. The lowest BCUT2D eigenvalue weighted by molar-refractivity contribution is 0.763. The average molecular weight is 196 g/mol. The summed E-state index contributed by atoms with van der Waals surface area (Å²) in [5.74, 6) is 0. The Balaban J connectivity index is 3.72. The molecule has 0 bridgehead atoms. The molecule has 0 fully saturated rings. The van der Waals surface area contributed by atoms with Crippen LogP contribution in [0, 0.1) is 0 Å². The highest BCUT2D eigenvalue weighted by Crippen LogP contribution is 1.86. The Kier molecular flexibility index (Phi) is 8.16. The second-order valence-corrected chi connectivity index (χ2v) is 1.07. The van der Waals surface area contributed by atoms with Crippen molar-refractivity contribution in [2.45, 2.75) is 0 Å². The van der Waals surface area contributed by atoms with Crippen molar-refractivity contribution in [3.05, 3.63) is 11.1 Å². The number of hydrogen-bond donors (Lipinski definition) is 0. The number of nitrogens with zero attached hydrogens (tertiary/aromatic N) is 14. The second-order valence-electron chi connectivity index (χ2n) is 1.07. The molecule has 0 unspecified atom stereocenters. The maximum atomic E-state index is 7.71. The highest BCUT2D eigenvalue weighted by molar-refractivity contribution is 4.14. The highest BCUT2D eigenvalue weighted by atomic mass is 15.7. The van der Waals surface area contributed by atoms with Crippen LogP contribution in [0.2, 0.25) is 0 Å². The van der Waals surface area contributed by atoms with Gasteiger partial charge in [-0.15, -0.1) is 10.4 Å². The zero-order valence-electron chi connectivity index (χ0n) is 6.26. The van der Waals surface area contributed by atoms with Gasteiger partial charge in [0, 0.05) is 0 Å². The molecule has 0 rings (SSSR count). The summed E-state index contributed by atoms with van der Waals surface area (Å²) in [4.78, 5) is 0. The van der Waals surface area contributed by atoms with Crippen molar-refractivity contribution in [3.63, 3.8) is 0 Å². The van der Waals surface area contributed by atoms with Crippen LogP contribution in [-0.4, -0.2) is 0 Å². The third-order valence-corrected chi connectivity index (χ3v) is 0.440. The van der Waals surface area contributed by atoms with Gasteiger partial charge in [0.25, 0.3) is 0 Å². The Morgan fingerprint density at radius 2 is 0.571 bits per heavy atom. The third-order valence-electron chi connectivity index (χ3n) is 0.440. The van der Waals surface area contributed by atoms with Crippen LogP contribution in [0.25, 0.3) is 11.1 Å². The summed E-state index contributed by atoms with van der Waals surface area (Å²) in [6, 6.07) is 0. The summed E-state index contributed by atoms with van der Waals surface area (Å²) in [7, 11) is 0. The van der Waals surface area contributed by atoms with Crippen LogP contribution >= 0.6 is 0 Å². The van der Waals surface area contributed by atoms with Crippen LogP contribution < -0.4 is 0 Å². The van der Waals surface area contributed by atoms with Crippen molar-refractivity contribution in [3.8, 4) is 0 Å². The van der Waals surface area contributed by atoms with E-state index in [4.69, 9.17) is 11.1 Å². The molecule has 0 spiro atoms. The van der Waals surface area contributed by atoms with Crippen LogP contribution in [0.5, 0.6) is 0 Å². The Bertz CT molecular complexity index is 253. The predicted octanol–water partition coefficient (Wildman–Crippen LogP) is 2.78. The lowest BCUT2D eigenvalue weighted by atomic mass is 12.3. The third kappa shape index (κ3) is 9.20. The summed E-state index contributed by atoms with van der Waals surface area (Å²) in [5.41, 5.74) is 15.4. The first-order chi connectivity index (χ1) is 6.91. The van der Waals surface area contributed by atoms with Gasteiger partial charge < -0.3 is 11.1 Å². The number of rotatable bonds is 6. The van der Waals surface area contributed by atoms with Gasteiger partial charge in [-0.3, -0.25) is 10.4 Å². The fourth-order valence-corrected chi connectivity index (χ4v) is 0.179. The Morgan fingerprint density at radius 1 is 0.357 bits per heavy atom. The molecule has 0 aliphatic rings. The molecule has 0 heterocycles. The molecule has 0 atom stereocenters. The maximum Gasteiger partial charge on any atom is -0.0000534 e. The molecule has 0 saturated carbocycles. The second kappa shape index (κ2) is 10.2. The summed E-state index contributed by atoms with van der Waals surface area (Å²) in [6.07, 6.45) is 0. The van der Waals surface area contributed by atoms with Crippen molar-refractivity contribution < 1.29 is 0 Å². The molecule has 0 saturated heterocycles. The van der Waals surface area contributed by atoms with E-state index in [9.17, 15) is 0 Å². The monoisotopic (exact) mass is 196 g/mol. The summed E-state index contributed by atoms with van der Waals surface area (Å²) < 4.78 is 0. The fraction of sp³-hybridized carbons (Fsp3) is 0. The minimum absolute atomic E-state index is 2.23. The molecule has 0 aromatic carbocycles. The molecule has 0 aromatic heterocycles. The van der Waals surface area contributed by atoms with Crippen molar-refractivity contribution in [2.24, 2.45) is 62.7 Å². The standard InChI is InChI=1S/N14/c1-3-5-7-9-11-13-14-12-10-8-6-4-2/q-2/b7-5+,8-6+,11-9+,12-10+,14-13+. The molecule has 0 N–H and O–H groups in total. The van der Waals surface area contributed by atoms with Crippen LogP contribution in [0.1, 0.15) is 0 Å². The number of hydrogen-bond acceptors (Lipinski definition) is 0. The largest absolute Gasteiger partial charge is 0.360 e.